The maximum Gasteiger partial charge on any atom is 0.338 e. The van der Waals surface area contributed by atoms with Crippen molar-refractivity contribution < 1.29 is 14.3 Å². The molecule has 1 rings (SSSR count). The molecule has 0 aromatic carbocycles. The first-order valence-corrected chi connectivity index (χ1v) is 4.27. The van der Waals surface area contributed by atoms with Gasteiger partial charge in [-0.25, -0.2) is 9.18 Å². The average molecular weight is 174 g/mol. The Kier molecular flexibility index (Phi) is 2.40. The van der Waals surface area contributed by atoms with Crippen molar-refractivity contribution in [2.24, 2.45) is 11.3 Å². The average Bonchev–Trinajstić information content (AvgIpc) is 1.83. The molecular formula is C9H15FO2. The van der Waals surface area contributed by atoms with Gasteiger partial charge in [0.05, 0.1) is 0 Å². The lowest BCUT2D eigenvalue weighted by Gasteiger charge is -2.42. The van der Waals surface area contributed by atoms with Crippen LogP contribution in [0.3, 0.4) is 0 Å². The first-order valence-electron chi connectivity index (χ1n) is 4.27. The van der Waals surface area contributed by atoms with Crippen molar-refractivity contribution in [1.29, 1.82) is 0 Å². The SMILES string of the molecule is CC1(C)CC(CC(F)C(=O)O)C1. The summed E-state index contributed by atoms with van der Waals surface area (Å²) >= 11 is 0. The zero-order chi connectivity index (χ0) is 9.35. The van der Waals surface area contributed by atoms with Crippen LogP contribution in [-0.4, -0.2) is 17.2 Å². The fourth-order valence-electron chi connectivity index (χ4n) is 2.06. The number of carboxylic acid groups (broad SMARTS) is 1. The number of halogens is 1. The highest BCUT2D eigenvalue weighted by molar-refractivity contribution is 5.72. The maximum atomic E-state index is 12.6. The van der Waals surface area contributed by atoms with Crippen LogP contribution in [0.5, 0.6) is 0 Å². The van der Waals surface area contributed by atoms with Crippen molar-refractivity contribution in [3.63, 3.8) is 0 Å². The number of rotatable bonds is 3. The van der Waals surface area contributed by atoms with Gasteiger partial charge in [-0.3, -0.25) is 0 Å². The van der Waals surface area contributed by atoms with Crippen molar-refractivity contribution in [2.45, 2.75) is 39.3 Å². The van der Waals surface area contributed by atoms with Crippen LogP contribution in [0, 0.1) is 11.3 Å². The minimum atomic E-state index is -1.66. The normalized spacial score (nSPS) is 24.6. The summed E-state index contributed by atoms with van der Waals surface area (Å²) in [6.45, 7) is 4.25. The predicted molar refractivity (Wildman–Crippen MR) is 43.7 cm³/mol. The van der Waals surface area contributed by atoms with E-state index in [-0.39, 0.29) is 12.3 Å². The van der Waals surface area contributed by atoms with Crippen LogP contribution in [0.25, 0.3) is 0 Å². The van der Waals surface area contributed by atoms with Crippen molar-refractivity contribution in [3.8, 4) is 0 Å². The van der Waals surface area contributed by atoms with Crippen LogP contribution in [0.4, 0.5) is 4.39 Å². The number of alkyl halides is 1. The van der Waals surface area contributed by atoms with Gasteiger partial charge in [0.2, 0.25) is 0 Å². The number of hydrogen-bond acceptors (Lipinski definition) is 1. The fraction of sp³-hybridized carbons (Fsp3) is 0.889. The molecular weight excluding hydrogens is 159 g/mol. The summed E-state index contributed by atoms with van der Waals surface area (Å²) in [6.07, 6.45) is 0.450. The highest BCUT2D eigenvalue weighted by atomic mass is 19.1. The summed E-state index contributed by atoms with van der Waals surface area (Å²) < 4.78 is 12.6. The van der Waals surface area contributed by atoms with Gasteiger partial charge >= 0.3 is 5.97 Å². The molecule has 0 spiro atoms. The second-order valence-corrected chi connectivity index (χ2v) is 4.48. The molecule has 12 heavy (non-hydrogen) atoms. The van der Waals surface area contributed by atoms with Crippen LogP contribution in [0.2, 0.25) is 0 Å². The molecule has 0 aromatic rings. The molecule has 1 N–H and O–H groups in total. The van der Waals surface area contributed by atoms with Gasteiger partial charge in [0.1, 0.15) is 0 Å². The fourth-order valence-corrected chi connectivity index (χ4v) is 2.06. The summed E-state index contributed by atoms with van der Waals surface area (Å²) in [5.41, 5.74) is 0.308. The minimum Gasteiger partial charge on any atom is -0.479 e. The molecule has 1 aliphatic carbocycles. The molecule has 0 aliphatic heterocycles. The molecule has 0 radical (unpaired) electrons. The zero-order valence-corrected chi connectivity index (χ0v) is 7.51. The van der Waals surface area contributed by atoms with Crippen LogP contribution in [0.15, 0.2) is 0 Å². The number of carbonyl (C=O) groups is 1. The van der Waals surface area contributed by atoms with E-state index in [0.29, 0.717) is 5.41 Å². The van der Waals surface area contributed by atoms with Gasteiger partial charge in [0, 0.05) is 0 Å². The van der Waals surface area contributed by atoms with Crippen LogP contribution >= 0.6 is 0 Å². The smallest absolute Gasteiger partial charge is 0.338 e. The van der Waals surface area contributed by atoms with Gasteiger partial charge < -0.3 is 5.11 Å². The zero-order valence-electron chi connectivity index (χ0n) is 7.51. The topological polar surface area (TPSA) is 37.3 Å². The van der Waals surface area contributed by atoms with Crippen LogP contribution in [0.1, 0.15) is 33.1 Å². The van der Waals surface area contributed by atoms with Crippen molar-refractivity contribution >= 4 is 5.97 Å². The molecule has 1 unspecified atom stereocenters. The molecule has 0 amide bonds. The summed E-state index contributed by atoms with van der Waals surface area (Å²) in [4.78, 5) is 10.2. The van der Waals surface area contributed by atoms with E-state index in [2.05, 4.69) is 13.8 Å². The number of aliphatic carboxylic acids is 1. The standard InChI is InChI=1S/C9H15FO2/c1-9(2)4-6(5-9)3-7(10)8(11)12/h6-7H,3-5H2,1-2H3,(H,11,12). The van der Waals surface area contributed by atoms with E-state index in [9.17, 15) is 9.18 Å². The minimum absolute atomic E-state index is 0.193. The lowest BCUT2D eigenvalue weighted by molar-refractivity contribution is -0.144. The largest absolute Gasteiger partial charge is 0.479 e. The number of hydrogen-bond donors (Lipinski definition) is 1. The molecule has 0 heterocycles. The van der Waals surface area contributed by atoms with Crippen molar-refractivity contribution in [2.75, 3.05) is 0 Å². The maximum absolute atomic E-state index is 12.6. The van der Waals surface area contributed by atoms with Gasteiger partial charge in [0.25, 0.3) is 0 Å². The summed E-state index contributed by atoms with van der Waals surface area (Å²) in [5, 5.41) is 8.31. The Hall–Kier alpha value is -0.600. The monoisotopic (exact) mass is 174 g/mol. The third-order valence-corrected chi connectivity index (χ3v) is 2.49. The Morgan fingerprint density at radius 2 is 2.17 bits per heavy atom. The Balaban J connectivity index is 2.23. The highest BCUT2D eigenvalue weighted by Crippen LogP contribution is 2.46. The van der Waals surface area contributed by atoms with Gasteiger partial charge in [-0.15, -0.1) is 0 Å². The molecule has 1 aliphatic rings. The first kappa shape index (κ1) is 9.49. The van der Waals surface area contributed by atoms with Gasteiger partial charge in [-0.2, -0.15) is 0 Å². The molecule has 3 heteroatoms. The lowest BCUT2D eigenvalue weighted by Crippen LogP contribution is -2.34. The van der Waals surface area contributed by atoms with E-state index < -0.39 is 12.1 Å². The van der Waals surface area contributed by atoms with E-state index in [1.165, 1.54) is 0 Å². The van der Waals surface area contributed by atoms with Gasteiger partial charge in [0.15, 0.2) is 6.17 Å². The molecule has 0 aromatic heterocycles. The Morgan fingerprint density at radius 3 is 2.50 bits per heavy atom. The van der Waals surface area contributed by atoms with E-state index in [1.54, 1.807) is 0 Å². The van der Waals surface area contributed by atoms with E-state index in [0.717, 1.165) is 12.8 Å². The Bertz CT molecular complexity index is 181. The molecule has 2 nitrogen and oxygen atoms in total. The first-order chi connectivity index (χ1) is 5.41. The highest BCUT2D eigenvalue weighted by Gasteiger charge is 2.38. The third kappa shape index (κ3) is 2.19. The molecule has 0 bridgehead atoms. The molecule has 1 fully saturated rings. The van der Waals surface area contributed by atoms with Gasteiger partial charge in [-0.1, -0.05) is 13.8 Å². The Morgan fingerprint density at radius 1 is 1.67 bits per heavy atom. The summed E-state index contributed by atoms with van der Waals surface area (Å²) in [5.74, 6) is -1.04. The summed E-state index contributed by atoms with van der Waals surface area (Å²) in [7, 11) is 0. The van der Waals surface area contributed by atoms with E-state index in [1.807, 2.05) is 0 Å². The van der Waals surface area contributed by atoms with E-state index in [4.69, 9.17) is 5.11 Å². The van der Waals surface area contributed by atoms with Gasteiger partial charge in [-0.05, 0) is 30.6 Å². The second kappa shape index (κ2) is 3.04. The summed E-state index contributed by atoms with van der Waals surface area (Å²) in [6, 6.07) is 0. The van der Waals surface area contributed by atoms with Crippen LogP contribution < -0.4 is 0 Å². The van der Waals surface area contributed by atoms with Crippen molar-refractivity contribution in [3.05, 3.63) is 0 Å². The second-order valence-electron chi connectivity index (χ2n) is 4.48. The molecule has 70 valence electrons. The van der Waals surface area contributed by atoms with E-state index >= 15 is 0 Å². The van der Waals surface area contributed by atoms with Crippen molar-refractivity contribution in [1.82, 2.24) is 0 Å². The quantitative estimate of drug-likeness (QED) is 0.712. The number of carboxylic acids is 1. The molecule has 1 atom stereocenters. The predicted octanol–water partition coefficient (Wildman–Crippen LogP) is 2.24. The van der Waals surface area contributed by atoms with Crippen LogP contribution in [-0.2, 0) is 4.79 Å². The Labute approximate surface area is 71.8 Å². The molecule has 1 saturated carbocycles. The lowest BCUT2D eigenvalue weighted by atomic mass is 9.63. The third-order valence-electron chi connectivity index (χ3n) is 2.49. The molecule has 0 saturated heterocycles.